The van der Waals surface area contributed by atoms with Crippen molar-refractivity contribution in [3.05, 3.63) is 65.4 Å². The lowest BCUT2D eigenvalue weighted by Crippen LogP contribution is -2.15. The van der Waals surface area contributed by atoms with Crippen molar-refractivity contribution in [1.82, 2.24) is 0 Å². The summed E-state index contributed by atoms with van der Waals surface area (Å²) in [6.07, 6.45) is 9.55. The summed E-state index contributed by atoms with van der Waals surface area (Å²) in [6.45, 7) is 4.03. The SMILES string of the molecule is CC/C=C/Oc1ccc(-c2ccc(C3CCC(CCC)CC3)c(F)c2F)c(F)c1F. The van der Waals surface area contributed by atoms with Gasteiger partial charge >= 0.3 is 0 Å². The Hall–Kier alpha value is -2.30. The first-order valence-corrected chi connectivity index (χ1v) is 10.8. The van der Waals surface area contributed by atoms with Gasteiger partial charge in [0.25, 0.3) is 0 Å². The lowest BCUT2D eigenvalue weighted by molar-refractivity contribution is 0.303. The molecule has 0 amide bonds. The Bertz CT molecular complexity index is 899. The normalized spacial score (nSPS) is 19.4. The molecule has 0 heterocycles. The van der Waals surface area contributed by atoms with E-state index in [0.717, 1.165) is 32.1 Å². The summed E-state index contributed by atoms with van der Waals surface area (Å²) in [5.74, 6) is -4.27. The minimum absolute atomic E-state index is 0.0376. The largest absolute Gasteiger partial charge is 0.462 e. The van der Waals surface area contributed by atoms with E-state index in [1.54, 1.807) is 6.08 Å². The van der Waals surface area contributed by atoms with Crippen molar-refractivity contribution in [1.29, 1.82) is 0 Å². The smallest absolute Gasteiger partial charge is 0.201 e. The van der Waals surface area contributed by atoms with Crippen LogP contribution in [0.2, 0.25) is 0 Å². The second-order valence-corrected chi connectivity index (χ2v) is 7.97. The quantitative estimate of drug-likeness (QED) is 0.323. The monoisotopic (exact) mass is 420 g/mol. The molecule has 0 unspecified atom stereocenters. The molecule has 0 saturated heterocycles. The van der Waals surface area contributed by atoms with Crippen LogP contribution in [-0.2, 0) is 0 Å². The molecule has 2 aromatic rings. The van der Waals surface area contributed by atoms with E-state index in [0.29, 0.717) is 17.9 Å². The molecule has 1 nitrogen and oxygen atoms in total. The molecule has 3 rings (SSSR count). The second kappa shape index (κ2) is 10.1. The standard InChI is InChI=1S/C25H28F4O/c1-3-5-15-30-21-14-13-20(24(28)25(21)29)19-12-11-18(22(26)23(19)27)17-9-7-16(6-4-2)8-10-17/h5,11-17H,3-4,6-10H2,1-2H3/b15-5+. The fourth-order valence-electron chi connectivity index (χ4n) is 4.31. The molecule has 0 aromatic heterocycles. The van der Waals surface area contributed by atoms with Gasteiger partial charge in [-0.15, -0.1) is 0 Å². The maximum atomic E-state index is 14.9. The van der Waals surface area contributed by atoms with E-state index >= 15 is 0 Å². The fourth-order valence-corrected chi connectivity index (χ4v) is 4.31. The molecule has 0 aliphatic heterocycles. The van der Waals surface area contributed by atoms with Gasteiger partial charge in [-0.25, -0.2) is 13.2 Å². The number of hydrogen-bond acceptors (Lipinski definition) is 1. The molecule has 1 saturated carbocycles. The van der Waals surface area contributed by atoms with Crippen LogP contribution >= 0.6 is 0 Å². The molecule has 30 heavy (non-hydrogen) atoms. The van der Waals surface area contributed by atoms with Crippen molar-refractivity contribution in [2.45, 2.75) is 64.7 Å². The van der Waals surface area contributed by atoms with E-state index in [2.05, 4.69) is 6.92 Å². The van der Waals surface area contributed by atoms with E-state index in [1.165, 1.54) is 36.9 Å². The zero-order valence-electron chi connectivity index (χ0n) is 17.5. The first kappa shape index (κ1) is 22.4. The van der Waals surface area contributed by atoms with Crippen molar-refractivity contribution in [3.63, 3.8) is 0 Å². The highest BCUT2D eigenvalue weighted by Crippen LogP contribution is 2.40. The number of halogens is 4. The van der Waals surface area contributed by atoms with E-state index in [4.69, 9.17) is 4.74 Å². The summed E-state index contributed by atoms with van der Waals surface area (Å²) in [5, 5.41) is 0. The minimum atomic E-state index is -1.26. The van der Waals surface area contributed by atoms with Crippen molar-refractivity contribution in [3.8, 4) is 16.9 Å². The van der Waals surface area contributed by atoms with Crippen LogP contribution in [0, 0.1) is 29.2 Å². The van der Waals surface area contributed by atoms with E-state index < -0.39 is 23.3 Å². The van der Waals surface area contributed by atoms with E-state index in [-0.39, 0.29) is 22.8 Å². The van der Waals surface area contributed by atoms with Crippen LogP contribution in [0.4, 0.5) is 17.6 Å². The molecule has 0 N–H and O–H groups in total. The van der Waals surface area contributed by atoms with Gasteiger partial charge in [0, 0.05) is 11.1 Å². The highest BCUT2D eigenvalue weighted by atomic mass is 19.2. The van der Waals surface area contributed by atoms with Crippen molar-refractivity contribution >= 4 is 0 Å². The Morgan fingerprint density at radius 1 is 0.833 bits per heavy atom. The molecule has 0 spiro atoms. The fraction of sp³-hybridized carbons (Fsp3) is 0.440. The van der Waals surface area contributed by atoms with Crippen LogP contribution < -0.4 is 4.74 Å². The zero-order valence-corrected chi connectivity index (χ0v) is 17.5. The molecule has 1 fully saturated rings. The van der Waals surface area contributed by atoms with Crippen LogP contribution in [0.3, 0.4) is 0 Å². The molecule has 1 aliphatic rings. The topological polar surface area (TPSA) is 9.23 Å². The molecule has 0 atom stereocenters. The lowest BCUT2D eigenvalue weighted by atomic mass is 9.77. The number of benzene rings is 2. The first-order valence-electron chi connectivity index (χ1n) is 10.8. The Balaban J connectivity index is 1.85. The third-order valence-electron chi connectivity index (χ3n) is 5.96. The maximum absolute atomic E-state index is 14.9. The third kappa shape index (κ3) is 4.71. The Kier molecular flexibility index (Phi) is 7.57. The summed E-state index contributed by atoms with van der Waals surface area (Å²) < 4.78 is 63.7. The molecular formula is C25H28F4O. The highest BCUT2D eigenvalue weighted by molar-refractivity contribution is 5.66. The number of ether oxygens (including phenoxy) is 1. The molecule has 0 bridgehead atoms. The van der Waals surface area contributed by atoms with Gasteiger partial charge in [0.05, 0.1) is 6.26 Å². The molecule has 0 radical (unpaired) electrons. The van der Waals surface area contributed by atoms with Gasteiger partial charge in [-0.05, 0) is 67.7 Å². The zero-order chi connectivity index (χ0) is 21.7. The number of allylic oxidation sites excluding steroid dienone is 1. The first-order chi connectivity index (χ1) is 14.5. The lowest BCUT2D eigenvalue weighted by Gasteiger charge is -2.29. The average Bonchev–Trinajstić information content (AvgIpc) is 2.75. The molecule has 1 aliphatic carbocycles. The molecule has 162 valence electrons. The minimum Gasteiger partial charge on any atom is -0.462 e. The summed E-state index contributed by atoms with van der Waals surface area (Å²) in [6, 6.07) is 5.29. The summed E-state index contributed by atoms with van der Waals surface area (Å²) in [4.78, 5) is 0. The van der Waals surface area contributed by atoms with Crippen LogP contribution in [0.1, 0.15) is 70.3 Å². The summed E-state index contributed by atoms with van der Waals surface area (Å²) >= 11 is 0. The molecule has 5 heteroatoms. The van der Waals surface area contributed by atoms with Gasteiger partial charge in [-0.1, -0.05) is 38.8 Å². The van der Waals surface area contributed by atoms with Crippen molar-refractivity contribution < 1.29 is 22.3 Å². The Morgan fingerprint density at radius 3 is 2.10 bits per heavy atom. The van der Waals surface area contributed by atoms with E-state index in [9.17, 15) is 17.6 Å². The van der Waals surface area contributed by atoms with Gasteiger partial charge in [-0.3, -0.25) is 0 Å². The van der Waals surface area contributed by atoms with Crippen LogP contribution in [-0.4, -0.2) is 0 Å². The highest BCUT2D eigenvalue weighted by Gasteiger charge is 2.27. The van der Waals surface area contributed by atoms with E-state index in [1.807, 2.05) is 6.92 Å². The van der Waals surface area contributed by atoms with Gasteiger partial charge in [0.15, 0.2) is 23.2 Å². The number of rotatable bonds is 7. The predicted molar refractivity (Wildman–Crippen MR) is 111 cm³/mol. The summed E-state index contributed by atoms with van der Waals surface area (Å²) in [7, 11) is 0. The number of hydrogen-bond donors (Lipinski definition) is 0. The van der Waals surface area contributed by atoms with Crippen molar-refractivity contribution in [2.75, 3.05) is 0 Å². The maximum Gasteiger partial charge on any atom is 0.201 e. The van der Waals surface area contributed by atoms with Crippen LogP contribution in [0.15, 0.2) is 36.6 Å². The van der Waals surface area contributed by atoms with Crippen molar-refractivity contribution in [2.24, 2.45) is 5.92 Å². The predicted octanol–water partition coefficient (Wildman–Crippen LogP) is 8.29. The van der Waals surface area contributed by atoms with Gasteiger partial charge < -0.3 is 4.74 Å². The van der Waals surface area contributed by atoms with Crippen LogP contribution in [0.5, 0.6) is 5.75 Å². The Labute approximate surface area is 175 Å². The molecule has 2 aromatic carbocycles. The molecular weight excluding hydrogens is 392 g/mol. The average molecular weight is 420 g/mol. The third-order valence-corrected chi connectivity index (χ3v) is 5.96. The Morgan fingerprint density at radius 2 is 1.47 bits per heavy atom. The second-order valence-electron chi connectivity index (χ2n) is 7.97. The van der Waals surface area contributed by atoms with Gasteiger partial charge in [0.2, 0.25) is 5.82 Å². The van der Waals surface area contributed by atoms with Gasteiger partial charge in [0.1, 0.15) is 0 Å². The van der Waals surface area contributed by atoms with Crippen LogP contribution in [0.25, 0.3) is 11.1 Å². The summed E-state index contributed by atoms with van der Waals surface area (Å²) in [5.41, 5.74) is -0.284. The van der Waals surface area contributed by atoms with Gasteiger partial charge in [-0.2, -0.15) is 4.39 Å².